The Kier molecular flexibility index (Phi) is 6.83. The molecule has 4 rings (SSSR count). The minimum Gasteiger partial charge on any atom is -0.503 e. The average molecular weight is 474 g/mol. The van der Waals surface area contributed by atoms with Crippen molar-refractivity contribution in [2.45, 2.75) is 53.2 Å². The van der Waals surface area contributed by atoms with E-state index in [4.69, 9.17) is 9.15 Å². The fourth-order valence-electron chi connectivity index (χ4n) is 4.38. The molecule has 0 saturated carbocycles. The van der Waals surface area contributed by atoms with Gasteiger partial charge in [0.2, 0.25) is 0 Å². The van der Waals surface area contributed by atoms with Crippen molar-refractivity contribution in [2.75, 3.05) is 4.90 Å². The molecule has 1 aliphatic heterocycles. The van der Waals surface area contributed by atoms with Crippen molar-refractivity contribution in [1.29, 1.82) is 0 Å². The number of Topliss-reactive ketones (excluding diaryl/α,β-unsaturated/α-hetero) is 1. The number of para-hydroxylation sites is 1. The van der Waals surface area contributed by atoms with Crippen molar-refractivity contribution in [2.24, 2.45) is 5.92 Å². The number of anilines is 1. The summed E-state index contributed by atoms with van der Waals surface area (Å²) in [5.41, 5.74) is 2.18. The number of carbonyl (C=O) groups is 2. The molecular weight excluding hydrogens is 442 g/mol. The van der Waals surface area contributed by atoms with Crippen LogP contribution >= 0.6 is 0 Å². The van der Waals surface area contributed by atoms with E-state index in [2.05, 4.69) is 0 Å². The summed E-state index contributed by atoms with van der Waals surface area (Å²) in [6, 6.07) is 17.6. The molecule has 1 aromatic heterocycles. The summed E-state index contributed by atoms with van der Waals surface area (Å²) in [6.07, 6.45) is 0.117. The van der Waals surface area contributed by atoms with E-state index in [1.165, 1.54) is 4.90 Å². The number of ether oxygens (including phenoxy) is 1. The highest BCUT2D eigenvalue weighted by atomic mass is 16.5. The molecule has 0 spiro atoms. The largest absolute Gasteiger partial charge is 0.503 e. The highest BCUT2D eigenvalue weighted by Crippen LogP contribution is 2.45. The number of carbonyl (C=O) groups excluding carboxylic acids is 2. The van der Waals surface area contributed by atoms with E-state index in [9.17, 15) is 14.7 Å². The first kappa shape index (κ1) is 24.3. The fraction of sp³-hybridized carbons (Fsp3) is 0.310. The standard InChI is InChI=1S/C29H31NO5/c1-17(2)16-23(31)26-27(22-8-6-7-9-25(22)34-18(3)4)30(29(33)28(26)32)21-13-11-20(12-14-21)24-15-10-19(5)35-24/h6-15,17-18,27,32H,16H2,1-5H3. The van der Waals surface area contributed by atoms with Gasteiger partial charge in [0.05, 0.1) is 17.7 Å². The molecule has 1 aliphatic rings. The summed E-state index contributed by atoms with van der Waals surface area (Å²) < 4.78 is 11.7. The topological polar surface area (TPSA) is 80.0 Å². The average Bonchev–Trinajstić information content (AvgIpc) is 3.34. The number of nitrogens with zero attached hydrogens (tertiary/aromatic N) is 1. The third kappa shape index (κ3) is 4.87. The number of aryl methyl sites for hydroxylation is 1. The second kappa shape index (κ2) is 9.82. The van der Waals surface area contributed by atoms with E-state index < -0.39 is 17.7 Å². The maximum absolute atomic E-state index is 13.4. The van der Waals surface area contributed by atoms with Gasteiger partial charge in [-0.2, -0.15) is 0 Å². The van der Waals surface area contributed by atoms with Crippen LogP contribution in [0.4, 0.5) is 5.69 Å². The molecule has 1 amide bonds. The first-order valence-electron chi connectivity index (χ1n) is 11.9. The van der Waals surface area contributed by atoms with E-state index in [1.807, 2.05) is 83.1 Å². The Bertz CT molecular complexity index is 1270. The number of benzene rings is 2. The Morgan fingerprint density at radius 1 is 1.03 bits per heavy atom. The van der Waals surface area contributed by atoms with Crippen molar-refractivity contribution >= 4 is 17.4 Å². The number of rotatable bonds is 8. The monoisotopic (exact) mass is 473 g/mol. The lowest BCUT2D eigenvalue weighted by Gasteiger charge is -2.29. The molecular formula is C29H31NO5. The second-order valence-corrected chi connectivity index (χ2v) is 9.52. The van der Waals surface area contributed by atoms with Gasteiger partial charge in [-0.05, 0) is 69.2 Å². The molecule has 6 heteroatoms. The quantitative estimate of drug-likeness (QED) is 0.401. The molecule has 182 valence electrons. The van der Waals surface area contributed by atoms with E-state index in [0.29, 0.717) is 17.0 Å². The molecule has 1 N–H and O–H groups in total. The van der Waals surface area contributed by atoms with Crippen LogP contribution < -0.4 is 9.64 Å². The molecule has 0 saturated heterocycles. The zero-order valence-electron chi connectivity index (χ0n) is 20.7. The zero-order valence-corrected chi connectivity index (χ0v) is 20.7. The maximum atomic E-state index is 13.4. The third-order valence-corrected chi connectivity index (χ3v) is 5.85. The molecule has 35 heavy (non-hydrogen) atoms. The van der Waals surface area contributed by atoms with Crippen LogP contribution in [0.2, 0.25) is 0 Å². The predicted molar refractivity (Wildman–Crippen MR) is 135 cm³/mol. The number of aliphatic hydroxyl groups excluding tert-OH is 1. The number of aliphatic hydroxyl groups is 1. The first-order chi connectivity index (χ1) is 16.7. The van der Waals surface area contributed by atoms with Crippen LogP contribution in [0.3, 0.4) is 0 Å². The van der Waals surface area contributed by atoms with Gasteiger partial charge in [0.15, 0.2) is 11.5 Å². The van der Waals surface area contributed by atoms with Crippen LogP contribution in [0.25, 0.3) is 11.3 Å². The van der Waals surface area contributed by atoms with Crippen molar-refractivity contribution in [3.8, 4) is 17.1 Å². The normalized spacial score (nSPS) is 16.0. The molecule has 0 fully saturated rings. The van der Waals surface area contributed by atoms with Crippen molar-refractivity contribution in [3.05, 3.63) is 83.3 Å². The van der Waals surface area contributed by atoms with Crippen LogP contribution in [-0.4, -0.2) is 22.9 Å². The van der Waals surface area contributed by atoms with Gasteiger partial charge in [-0.25, -0.2) is 0 Å². The Balaban J connectivity index is 1.82. The smallest absolute Gasteiger partial charge is 0.294 e. The van der Waals surface area contributed by atoms with Crippen LogP contribution in [0.5, 0.6) is 5.75 Å². The fourth-order valence-corrected chi connectivity index (χ4v) is 4.38. The SMILES string of the molecule is Cc1ccc(-c2ccc(N3C(=O)C(O)=C(C(=O)CC(C)C)C3c3ccccc3OC(C)C)cc2)o1. The van der Waals surface area contributed by atoms with Crippen LogP contribution in [0.15, 0.2) is 76.4 Å². The lowest BCUT2D eigenvalue weighted by atomic mass is 9.91. The van der Waals surface area contributed by atoms with E-state index in [-0.39, 0.29) is 29.8 Å². The lowest BCUT2D eigenvalue weighted by Crippen LogP contribution is -2.31. The molecule has 0 radical (unpaired) electrons. The summed E-state index contributed by atoms with van der Waals surface area (Å²) in [6.45, 7) is 9.59. The van der Waals surface area contributed by atoms with Crippen LogP contribution in [0.1, 0.15) is 51.5 Å². The third-order valence-electron chi connectivity index (χ3n) is 5.85. The minimum absolute atomic E-state index is 0.0748. The molecule has 6 nitrogen and oxygen atoms in total. The van der Waals surface area contributed by atoms with Gasteiger partial charge in [-0.15, -0.1) is 0 Å². The highest BCUT2D eigenvalue weighted by Gasteiger charge is 2.45. The Morgan fingerprint density at radius 3 is 2.31 bits per heavy atom. The van der Waals surface area contributed by atoms with Crippen LogP contribution in [-0.2, 0) is 9.59 Å². The summed E-state index contributed by atoms with van der Waals surface area (Å²) in [5.74, 6) is 0.809. The summed E-state index contributed by atoms with van der Waals surface area (Å²) in [4.78, 5) is 28.2. The van der Waals surface area contributed by atoms with Gasteiger partial charge in [-0.1, -0.05) is 32.0 Å². The van der Waals surface area contributed by atoms with Crippen molar-refractivity contribution in [1.82, 2.24) is 0 Å². The van der Waals surface area contributed by atoms with Crippen molar-refractivity contribution < 1.29 is 23.8 Å². The van der Waals surface area contributed by atoms with Gasteiger partial charge >= 0.3 is 0 Å². The zero-order chi connectivity index (χ0) is 25.3. The number of hydrogen-bond donors (Lipinski definition) is 1. The Morgan fingerprint density at radius 2 is 1.71 bits per heavy atom. The molecule has 0 aliphatic carbocycles. The van der Waals surface area contributed by atoms with E-state index >= 15 is 0 Å². The second-order valence-electron chi connectivity index (χ2n) is 9.52. The van der Waals surface area contributed by atoms with Crippen LogP contribution in [0, 0.1) is 12.8 Å². The highest BCUT2D eigenvalue weighted by molar-refractivity contribution is 6.16. The maximum Gasteiger partial charge on any atom is 0.294 e. The molecule has 3 aromatic rings. The predicted octanol–water partition coefficient (Wildman–Crippen LogP) is 6.56. The lowest BCUT2D eigenvalue weighted by molar-refractivity contribution is -0.118. The number of ketones is 1. The Labute approximate surface area is 205 Å². The molecule has 1 atom stereocenters. The van der Waals surface area contributed by atoms with E-state index in [0.717, 1.165) is 17.1 Å². The summed E-state index contributed by atoms with van der Waals surface area (Å²) in [5, 5.41) is 10.9. The van der Waals surface area contributed by atoms with Gasteiger partial charge in [-0.3, -0.25) is 14.5 Å². The minimum atomic E-state index is -0.805. The Hall–Kier alpha value is -3.80. The van der Waals surface area contributed by atoms with Crippen molar-refractivity contribution in [3.63, 3.8) is 0 Å². The molecule has 0 bridgehead atoms. The summed E-state index contributed by atoms with van der Waals surface area (Å²) >= 11 is 0. The number of hydrogen-bond acceptors (Lipinski definition) is 5. The van der Waals surface area contributed by atoms with Gasteiger partial charge in [0, 0.05) is 23.2 Å². The van der Waals surface area contributed by atoms with Gasteiger partial charge in [0.1, 0.15) is 17.3 Å². The first-order valence-corrected chi connectivity index (χ1v) is 11.9. The summed E-state index contributed by atoms with van der Waals surface area (Å²) in [7, 11) is 0. The van der Waals surface area contributed by atoms with Gasteiger partial charge in [0.25, 0.3) is 5.91 Å². The molecule has 2 heterocycles. The number of furan rings is 1. The van der Waals surface area contributed by atoms with E-state index in [1.54, 1.807) is 12.1 Å². The number of amides is 1. The van der Waals surface area contributed by atoms with Gasteiger partial charge < -0.3 is 14.3 Å². The molecule has 2 aromatic carbocycles. The molecule has 1 unspecified atom stereocenters.